The molecule has 0 atom stereocenters. The molecular weight excluding hydrogens is 392 g/mol. The van der Waals surface area contributed by atoms with E-state index in [1.54, 1.807) is 10.4 Å². The zero-order valence-electron chi connectivity index (χ0n) is 19.6. The van der Waals surface area contributed by atoms with Gasteiger partial charge in [-0.05, 0) is 49.4 Å². The summed E-state index contributed by atoms with van der Waals surface area (Å²) in [6, 6.07) is 18.9. The summed E-state index contributed by atoms with van der Waals surface area (Å²) in [6.07, 6.45) is 14.9. The molecule has 2 heteroatoms. The third-order valence-corrected chi connectivity index (χ3v) is 11.1. The molecule has 1 nitrogen and oxygen atoms in total. The van der Waals surface area contributed by atoms with Gasteiger partial charge in [-0.2, -0.15) is 0 Å². The lowest BCUT2D eigenvalue weighted by atomic mass is 10.1. The van der Waals surface area contributed by atoms with Crippen LogP contribution in [-0.2, 0) is 4.74 Å². The molecule has 0 amide bonds. The van der Waals surface area contributed by atoms with Gasteiger partial charge in [0, 0.05) is 19.4 Å². The Morgan fingerprint density at radius 2 is 1.16 bits per heavy atom. The van der Waals surface area contributed by atoms with Crippen LogP contribution in [0.25, 0.3) is 12.2 Å². The Morgan fingerprint density at radius 3 is 1.65 bits per heavy atom. The summed E-state index contributed by atoms with van der Waals surface area (Å²) in [4.78, 5) is 0. The van der Waals surface area contributed by atoms with Crippen molar-refractivity contribution in [3.05, 3.63) is 94.0 Å². The van der Waals surface area contributed by atoms with Crippen LogP contribution in [0.2, 0.25) is 12.6 Å². The maximum atomic E-state index is 5.89. The van der Waals surface area contributed by atoms with Crippen LogP contribution in [0.4, 0.5) is 0 Å². The van der Waals surface area contributed by atoms with Crippen LogP contribution >= 0.6 is 0 Å². The van der Waals surface area contributed by atoms with Crippen LogP contribution < -0.4 is 0 Å². The van der Waals surface area contributed by atoms with Crippen LogP contribution in [0.3, 0.4) is 0 Å². The normalized spacial score (nSPS) is 15.5. The maximum absolute atomic E-state index is 5.89. The van der Waals surface area contributed by atoms with Gasteiger partial charge in [0.15, 0.2) is 0 Å². The fraction of sp³-hybridized carbons (Fsp3) is 0.379. The molecule has 0 fully saturated rings. The Bertz CT molecular complexity index is 913. The van der Waals surface area contributed by atoms with E-state index in [0.29, 0.717) is 0 Å². The molecule has 0 spiro atoms. The molecule has 0 unspecified atom stereocenters. The second kappa shape index (κ2) is 9.30. The highest BCUT2D eigenvalue weighted by molar-refractivity contribution is 6.94. The monoisotopic (exact) mass is 428 g/mol. The first-order chi connectivity index (χ1) is 14.9. The summed E-state index contributed by atoms with van der Waals surface area (Å²) in [5, 5.41) is 3.17. The molecule has 0 aromatic heterocycles. The number of unbranched alkanes of at least 4 members (excludes halogenated alkanes) is 3. The first-order valence-corrected chi connectivity index (χ1v) is 14.5. The highest BCUT2D eigenvalue weighted by atomic mass is 28.3. The van der Waals surface area contributed by atoms with Gasteiger partial charge in [-0.25, -0.2) is 0 Å². The van der Waals surface area contributed by atoms with Crippen molar-refractivity contribution < 1.29 is 4.74 Å². The summed E-state index contributed by atoms with van der Waals surface area (Å²) in [5.41, 5.74) is 5.50. The van der Waals surface area contributed by atoms with E-state index in [2.05, 4.69) is 101 Å². The van der Waals surface area contributed by atoms with Gasteiger partial charge in [-0.15, -0.1) is 0 Å². The van der Waals surface area contributed by atoms with Crippen molar-refractivity contribution in [2.75, 3.05) is 6.61 Å². The molecule has 0 N–H and O–H groups in total. The Morgan fingerprint density at radius 1 is 0.677 bits per heavy atom. The minimum atomic E-state index is -1.80. The molecule has 31 heavy (non-hydrogen) atoms. The van der Waals surface area contributed by atoms with E-state index in [1.165, 1.54) is 47.6 Å². The van der Waals surface area contributed by atoms with E-state index in [9.17, 15) is 0 Å². The first-order valence-electron chi connectivity index (χ1n) is 11.8. The smallest absolute Gasteiger partial charge is 0.107 e. The molecule has 2 aliphatic carbocycles. The van der Waals surface area contributed by atoms with Crippen molar-refractivity contribution in [1.82, 2.24) is 0 Å². The van der Waals surface area contributed by atoms with Gasteiger partial charge in [0.2, 0.25) is 0 Å². The molecule has 2 aromatic carbocycles. The Labute approximate surface area is 190 Å². The number of benzene rings is 2. The molecule has 2 aromatic rings. The second-order valence-electron chi connectivity index (χ2n) is 10.2. The van der Waals surface area contributed by atoms with E-state index in [0.717, 1.165) is 13.0 Å². The van der Waals surface area contributed by atoms with Gasteiger partial charge >= 0.3 is 0 Å². The largest absolute Gasteiger partial charge is 0.376 e. The molecule has 0 saturated carbocycles. The average molecular weight is 429 g/mol. The number of ether oxygens (including phenoxy) is 1. The highest BCUT2D eigenvalue weighted by Crippen LogP contribution is 2.43. The van der Waals surface area contributed by atoms with Crippen molar-refractivity contribution >= 4 is 20.2 Å². The van der Waals surface area contributed by atoms with Gasteiger partial charge in [-0.3, -0.25) is 0 Å². The van der Waals surface area contributed by atoms with E-state index >= 15 is 0 Å². The number of fused-ring (bicyclic) bond motifs is 2. The van der Waals surface area contributed by atoms with Crippen LogP contribution in [0.15, 0.2) is 58.9 Å². The third-order valence-electron chi connectivity index (χ3n) is 6.62. The van der Waals surface area contributed by atoms with E-state index in [1.807, 2.05) is 0 Å². The summed E-state index contributed by atoms with van der Waals surface area (Å²) in [5.74, 6) is 0. The van der Waals surface area contributed by atoms with Crippen molar-refractivity contribution in [3.8, 4) is 0 Å². The van der Waals surface area contributed by atoms with Crippen molar-refractivity contribution in [2.45, 2.75) is 64.6 Å². The lowest BCUT2D eigenvalue weighted by molar-refractivity contribution is -0.00471. The summed E-state index contributed by atoms with van der Waals surface area (Å²) in [6.45, 7) is 9.87. The van der Waals surface area contributed by atoms with Gasteiger partial charge < -0.3 is 4.74 Å². The topological polar surface area (TPSA) is 9.23 Å². The first kappa shape index (κ1) is 22.3. The third kappa shape index (κ3) is 5.30. The standard InChI is InChI=1S/C29H36OSi/c1-29(2,3)30-17-11-5-6-12-18-31(4,27-19-23-13-7-8-14-24(23)20-27)28-21-25-15-9-10-16-26(25)22-28/h7-10,13-16,19-22H,5-6,11-12,17-18H2,1-4H3. The van der Waals surface area contributed by atoms with Crippen LogP contribution in [-0.4, -0.2) is 20.3 Å². The predicted octanol–water partition coefficient (Wildman–Crippen LogP) is 7.82. The fourth-order valence-electron chi connectivity index (χ4n) is 4.71. The van der Waals surface area contributed by atoms with Crippen LogP contribution in [0.1, 0.15) is 68.7 Å². The predicted molar refractivity (Wildman–Crippen MR) is 136 cm³/mol. The zero-order valence-corrected chi connectivity index (χ0v) is 20.6. The second-order valence-corrected chi connectivity index (χ2v) is 14.5. The molecule has 0 aliphatic heterocycles. The summed E-state index contributed by atoms with van der Waals surface area (Å²) in [7, 11) is -1.80. The van der Waals surface area contributed by atoms with Crippen molar-refractivity contribution in [1.29, 1.82) is 0 Å². The summed E-state index contributed by atoms with van der Waals surface area (Å²) < 4.78 is 5.89. The molecule has 2 aliphatic rings. The van der Waals surface area contributed by atoms with Crippen molar-refractivity contribution in [3.63, 3.8) is 0 Å². The highest BCUT2D eigenvalue weighted by Gasteiger charge is 2.39. The van der Waals surface area contributed by atoms with E-state index in [-0.39, 0.29) is 5.60 Å². The van der Waals surface area contributed by atoms with E-state index in [4.69, 9.17) is 4.74 Å². The van der Waals surface area contributed by atoms with Crippen LogP contribution in [0, 0.1) is 12.8 Å². The van der Waals surface area contributed by atoms with E-state index < -0.39 is 8.07 Å². The van der Waals surface area contributed by atoms with Crippen LogP contribution in [0.5, 0.6) is 0 Å². The molecule has 0 heterocycles. The molecule has 162 valence electrons. The summed E-state index contributed by atoms with van der Waals surface area (Å²) >= 11 is 0. The Kier molecular flexibility index (Phi) is 6.69. The van der Waals surface area contributed by atoms with Gasteiger partial charge in [0.25, 0.3) is 0 Å². The molecule has 4 rings (SSSR count). The lowest BCUT2D eigenvalue weighted by Crippen LogP contribution is -2.36. The van der Waals surface area contributed by atoms with Gasteiger partial charge in [0.1, 0.15) is 8.07 Å². The lowest BCUT2D eigenvalue weighted by Gasteiger charge is -2.31. The number of rotatable bonds is 9. The molecule has 2 radical (unpaired) electrons. The maximum Gasteiger partial charge on any atom is 0.107 e. The fourth-order valence-corrected chi connectivity index (χ4v) is 8.47. The number of allylic oxidation sites excluding steroid dienone is 2. The Hall–Kier alpha value is -1.90. The van der Waals surface area contributed by atoms with Crippen molar-refractivity contribution in [2.24, 2.45) is 0 Å². The minimum absolute atomic E-state index is 0.0228. The minimum Gasteiger partial charge on any atom is -0.376 e. The molecule has 0 bridgehead atoms. The van der Waals surface area contributed by atoms with Gasteiger partial charge in [-0.1, -0.05) is 103 Å². The number of hydrogen-bond acceptors (Lipinski definition) is 1. The molecule has 0 saturated heterocycles. The quantitative estimate of drug-likeness (QED) is 0.292. The molecular formula is C29H36OSi. The average Bonchev–Trinajstić information content (AvgIpc) is 3.37. The SMILES string of the molecule is CC(C)(C)OCCCCCC[Si](C)(C1=Cc2ccccc2[CH]1)C1=Cc2ccccc2[CH]1. The zero-order chi connectivity index (χ0) is 21.9. The number of hydrogen-bond donors (Lipinski definition) is 0. The Balaban J connectivity index is 1.44. The van der Waals surface area contributed by atoms with Gasteiger partial charge in [0.05, 0.1) is 5.60 Å².